The zero-order valence-electron chi connectivity index (χ0n) is 13.4. The Bertz CT molecular complexity index is 871. The summed E-state index contributed by atoms with van der Waals surface area (Å²) in [6.07, 6.45) is 2.67. The highest BCUT2D eigenvalue weighted by molar-refractivity contribution is 7.94. The van der Waals surface area contributed by atoms with E-state index in [-0.39, 0.29) is 22.8 Å². The van der Waals surface area contributed by atoms with Crippen molar-refractivity contribution in [2.45, 2.75) is 37.5 Å². The van der Waals surface area contributed by atoms with Gasteiger partial charge in [0.25, 0.3) is 0 Å². The smallest absolute Gasteiger partial charge is 0.243 e. The second-order valence-electron chi connectivity index (χ2n) is 6.14. The summed E-state index contributed by atoms with van der Waals surface area (Å²) in [5.74, 6) is -0.695. The van der Waals surface area contributed by atoms with Crippen LogP contribution in [-0.2, 0) is 24.8 Å². The lowest BCUT2D eigenvalue weighted by molar-refractivity contribution is -0.116. The first-order valence-electron chi connectivity index (χ1n) is 7.90. The molecule has 7 nitrogen and oxygen atoms in total. The fourth-order valence-electron chi connectivity index (χ4n) is 3.16. The number of rotatable bonds is 3. The van der Waals surface area contributed by atoms with Crippen LogP contribution < -0.4 is 4.31 Å². The summed E-state index contributed by atoms with van der Waals surface area (Å²) in [5.41, 5.74) is 0.639. The van der Waals surface area contributed by atoms with Gasteiger partial charge in [-0.3, -0.25) is 4.79 Å². The van der Waals surface area contributed by atoms with E-state index in [1.54, 1.807) is 6.92 Å². The van der Waals surface area contributed by atoms with Crippen molar-refractivity contribution in [3.05, 3.63) is 23.8 Å². The third-order valence-electron chi connectivity index (χ3n) is 4.40. The van der Waals surface area contributed by atoms with Crippen LogP contribution in [0.2, 0.25) is 0 Å². The molecule has 0 aliphatic carbocycles. The molecule has 2 fully saturated rings. The molecule has 2 heterocycles. The van der Waals surface area contributed by atoms with Gasteiger partial charge in [-0.2, -0.15) is 4.31 Å². The summed E-state index contributed by atoms with van der Waals surface area (Å²) in [6, 6.07) is 4.25. The molecule has 9 heteroatoms. The van der Waals surface area contributed by atoms with Gasteiger partial charge in [0.1, 0.15) is 0 Å². The first kappa shape index (κ1) is 17.4. The maximum atomic E-state index is 12.8. The first-order chi connectivity index (χ1) is 11.2. The van der Waals surface area contributed by atoms with Crippen molar-refractivity contribution in [1.29, 1.82) is 0 Å². The molecule has 2 aliphatic rings. The van der Waals surface area contributed by atoms with Gasteiger partial charge in [0.2, 0.25) is 26.0 Å². The molecule has 0 saturated carbocycles. The number of carbonyl (C=O) groups is 1. The fraction of sp³-hybridized carbons (Fsp3) is 0.533. The van der Waals surface area contributed by atoms with Gasteiger partial charge in [0, 0.05) is 19.5 Å². The maximum Gasteiger partial charge on any atom is 0.243 e. The summed E-state index contributed by atoms with van der Waals surface area (Å²) in [4.78, 5) is 12.0. The molecule has 1 aromatic carbocycles. The van der Waals surface area contributed by atoms with E-state index >= 15 is 0 Å². The third kappa shape index (κ3) is 2.96. The zero-order valence-corrected chi connectivity index (χ0v) is 15.1. The number of aryl methyl sites for hydroxylation is 1. The van der Waals surface area contributed by atoms with Gasteiger partial charge in [0.15, 0.2) is 0 Å². The minimum Gasteiger partial charge on any atom is -0.273 e. The van der Waals surface area contributed by atoms with Gasteiger partial charge in [0.05, 0.1) is 16.3 Å². The summed E-state index contributed by atoms with van der Waals surface area (Å²) in [7, 11) is -7.25. The molecule has 1 aromatic rings. The van der Waals surface area contributed by atoms with E-state index in [4.69, 9.17) is 0 Å². The minimum absolute atomic E-state index is 0.0464. The highest BCUT2D eigenvalue weighted by atomic mass is 32.2. The molecule has 24 heavy (non-hydrogen) atoms. The topological polar surface area (TPSA) is 91.8 Å². The summed E-state index contributed by atoms with van der Waals surface area (Å²) in [6.45, 7) is 2.62. The molecule has 1 amide bonds. The van der Waals surface area contributed by atoms with E-state index in [1.165, 1.54) is 22.5 Å². The number of amides is 1. The SMILES string of the molecule is Cc1cc(N2C(=O)CCS2(=O)=O)ccc1S(=O)(=O)N1CCCCC1. The lowest BCUT2D eigenvalue weighted by Crippen LogP contribution is -2.36. The van der Waals surface area contributed by atoms with E-state index in [2.05, 4.69) is 0 Å². The van der Waals surface area contributed by atoms with E-state index in [1.807, 2.05) is 0 Å². The van der Waals surface area contributed by atoms with Crippen molar-refractivity contribution in [3.63, 3.8) is 0 Å². The lowest BCUT2D eigenvalue weighted by atomic mass is 10.2. The molecule has 2 saturated heterocycles. The average molecular weight is 372 g/mol. The normalized spacial score (nSPS) is 22.0. The van der Waals surface area contributed by atoms with Gasteiger partial charge in [-0.25, -0.2) is 21.1 Å². The molecular weight excluding hydrogens is 352 g/mol. The molecule has 0 N–H and O–H groups in total. The van der Waals surface area contributed by atoms with Crippen molar-refractivity contribution in [1.82, 2.24) is 4.31 Å². The van der Waals surface area contributed by atoms with Gasteiger partial charge in [-0.15, -0.1) is 0 Å². The lowest BCUT2D eigenvalue weighted by Gasteiger charge is -2.27. The average Bonchev–Trinajstić information content (AvgIpc) is 2.81. The van der Waals surface area contributed by atoms with Gasteiger partial charge < -0.3 is 0 Å². The van der Waals surface area contributed by atoms with Gasteiger partial charge in [-0.05, 0) is 43.5 Å². The van der Waals surface area contributed by atoms with Crippen LogP contribution >= 0.6 is 0 Å². The standard InChI is InChI=1S/C15H20N2O5S2/c1-12-11-13(17-15(18)7-10-23(17,19)20)5-6-14(12)24(21,22)16-8-3-2-4-9-16/h5-6,11H,2-4,7-10H2,1H3. The Morgan fingerprint density at radius 3 is 2.29 bits per heavy atom. The number of nitrogens with zero attached hydrogens (tertiary/aromatic N) is 2. The van der Waals surface area contributed by atoms with Crippen LogP contribution in [0.15, 0.2) is 23.1 Å². The number of benzene rings is 1. The Hall–Kier alpha value is -1.45. The van der Waals surface area contributed by atoms with Gasteiger partial charge in [-0.1, -0.05) is 6.42 Å². The van der Waals surface area contributed by atoms with Crippen molar-refractivity contribution in [2.75, 3.05) is 23.1 Å². The Kier molecular flexibility index (Phi) is 4.43. The van der Waals surface area contributed by atoms with Crippen molar-refractivity contribution in [2.24, 2.45) is 0 Å². The number of hydrogen-bond acceptors (Lipinski definition) is 5. The molecule has 0 aromatic heterocycles. The molecular formula is C15H20N2O5S2. The monoisotopic (exact) mass is 372 g/mol. The molecule has 0 radical (unpaired) electrons. The van der Waals surface area contributed by atoms with Gasteiger partial charge >= 0.3 is 0 Å². The molecule has 0 unspecified atom stereocenters. The van der Waals surface area contributed by atoms with Crippen LogP contribution in [-0.4, -0.2) is 45.9 Å². The number of hydrogen-bond donors (Lipinski definition) is 0. The van der Waals surface area contributed by atoms with E-state index in [9.17, 15) is 21.6 Å². The van der Waals surface area contributed by atoms with E-state index in [0.717, 1.165) is 23.6 Å². The molecule has 0 bridgehead atoms. The molecule has 2 aliphatic heterocycles. The van der Waals surface area contributed by atoms with Crippen molar-refractivity contribution < 1.29 is 21.6 Å². The van der Waals surface area contributed by atoms with Crippen LogP contribution in [0.1, 0.15) is 31.2 Å². The number of piperidine rings is 1. The molecule has 0 atom stereocenters. The quantitative estimate of drug-likeness (QED) is 0.796. The van der Waals surface area contributed by atoms with Crippen molar-refractivity contribution >= 4 is 31.6 Å². The molecule has 132 valence electrons. The predicted octanol–water partition coefficient (Wildman–Crippen LogP) is 1.24. The van der Waals surface area contributed by atoms with Crippen LogP contribution in [0.3, 0.4) is 0 Å². The second kappa shape index (κ2) is 6.12. The maximum absolute atomic E-state index is 12.8. The third-order valence-corrected chi connectivity index (χ3v) is 8.15. The highest BCUT2D eigenvalue weighted by Crippen LogP contribution is 2.30. The highest BCUT2D eigenvalue weighted by Gasteiger charge is 2.37. The predicted molar refractivity (Wildman–Crippen MR) is 89.7 cm³/mol. The first-order valence-corrected chi connectivity index (χ1v) is 10.9. The fourth-order valence-corrected chi connectivity index (χ4v) is 6.34. The minimum atomic E-state index is -3.65. The van der Waals surface area contributed by atoms with Crippen LogP contribution in [0.4, 0.5) is 5.69 Å². The summed E-state index contributed by atoms with van der Waals surface area (Å²) >= 11 is 0. The number of carbonyl (C=O) groups excluding carboxylic acids is 1. The van der Waals surface area contributed by atoms with E-state index in [0.29, 0.717) is 18.7 Å². The molecule has 0 spiro atoms. The second-order valence-corrected chi connectivity index (χ2v) is 9.98. The number of anilines is 1. The Labute approximate surface area is 142 Å². The zero-order chi connectivity index (χ0) is 17.5. The van der Waals surface area contributed by atoms with Crippen molar-refractivity contribution in [3.8, 4) is 0 Å². The molecule has 3 rings (SSSR count). The summed E-state index contributed by atoms with van der Waals surface area (Å²) in [5, 5.41) is 0. The largest absolute Gasteiger partial charge is 0.273 e. The van der Waals surface area contributed by atoms with Crippen LogP contribution in [0.25, 0.3) is 0 Å². The summed E-state index contributed by atoms with van der Waals surface area (Å²) < 4.78 is 51.7. The Balaban J connectivity index is 1.97. The van der Waals surface area contributed by atoms with Crippen LogP contribution in [0, 0.1) is 6.92 Å². The Morgan fingerprint density at radius 2 is 1.75 bits per heavy atom. The Morgan fingerprint density at radius 1 is 1.08 bits per heavy atom. The van der Waals surface area contributed by atoms with E-state index < -0.39 is 26.0 Å². The number of sulfonamides is 2. The van der Waals surface area contributed by atoms with Crippen LogP contribution in [0.5, 0.6) is 0 Å².